The summed E-state index contributed by atoms with van der Waals surface area (Å²) in [6, 6.07) is 9.09. The normalized spacial score (nSPS) is 10.1. The van der Waals surface area contributed by atoms with Gasteiger partial charge in [0.05, 0.1) is 3.57 Å². The fraction of sp³-hybridized carbons (Fsp3) is 0. The predicted octanol–water partition coefficient (Wildman–Crippen LogP) is 3.11. The van der Waals surface area contributed by atoms with Crippen LogP contribution in [0.5, 0.6) is 11.6 Å². The number of anilines is 1. The van der Waals surface area contributed by atoms with E-state index in [1.807, 2.05) is 24.3 Å². The van der Waals surface area contributed by atoms with Crippen LogP contribution in [-0.4, -0.2) is 9.97 Å². The Morgan fingerprint density at radius 3 is 2.69 bits per heavy atom. The number of halogens is 2. The van der Waals surface area contributed by atoms with Gasteiger partial charge in [-0.25, -0.2) is 4.98 Å². The first-order chi connectivity index (χ1) is 7.65. The summed E-state index contributed by atoms with van der Waals surface area (Å²) in [6.07, 6.45) is 0. The highest BCUT2D eigenvalue weighted by Gasteiger charge is 2.05. The molecule has 0 fully saturated rings. The van der Waals surface area contributed by atoms with Gasteiger partial charge in [0, 0.05) is 6.07 Å². The SMILES string of the molecule is Nc1nc(Cl)cc(Oc2ccccc2I)n1. The number of nitrogen functional groups attached to an aromatic ring is 1. The van der Waals surface area contributed by atoms with Gasteiger partial charge >= 0.3 is 0 Å². The van der Waals surface area contributed by atoms with Gasteiger partial charge < -0.3 is 10.5 Å². The predicted molar refractivity (Wildman–Crippen MR) is 70.7 cm³/mol. The minimum atomic E-state index is 0.0911. The average Bonchev–Trinajstić information content (AvgIpc) is 2.20. The number of hydrogen-bond acceptors (Lipinski definition) is 4. The van der Waals surface area contributed by atoms with Gasteiger partial charge in [-0.1, -0.05) is 23.7 Å². The highest BCUT2D eigenvalue weighted by molar-refractivity contribution is 14.1. The van der Waals surface area contributed by atoms with Gasteiger partial charge in [-0.05, 0) is 34.7 Å². The molecule has 6 heteroatoms. The van der Waals surface area contributed by atoms with E-state index >= 15 is 0 Å². The maximum absolute atomic E-state index is 5.74. The van der Waals surface area contributed by atoms with Crippen molar-refractivity contribution in [3.63, 3.8) is 0 Å². The van der Waals surface area contributed by atoms with Crippen molar-refractivity contribution in [1.29, 1.82) is 0 Å². The second-order valence-electron chi connectivity index (χ2n) is 2.92. The van der Waals surface area contributed by atoms with Crippen molar-refractivity contribution in [2.45, 2.75) is 0 Å². The molecule has 1 aromatic heterocycles. The number of benzene rings is 1. The lowest BCUT2D eigenvalue weighted by atomic mass is 10.3. The van der Waals surface area contributed by atoms with E-state index < -0.39 is 0 Å². The molecule has 82 valence electrons. The minimum absolute atomic E-state index is 0.0911. The van der Waals surface area contributed by atoms with Crippen molar-refractivity contribution < 1.29 is 4.74 Å². The third kappa shape index (κ3) is 2.73. The second-order valence-corrected chi connectivity index (χ2v) is 4.47. The number of hydrogen-bond donors (Lipinski definition) is 1. The molecule has 0 spiro atoms. The van der Waals surface area contributed by atoms with E-state index in [4.69, 9.17) is 22.1 Å². The fourth-order valence-corrected chi connectivity index (χ4v) is 1.78. The lowest BCUT2D eigenvalue weighted by Crippen LogP contribution is -1.97. The molecule has 0 aliphatic rings. The number of rotatable bonds is 2. The third-order valence-electron chi connectivity index (χ3n) is 1.74. The molecule has 1 heterocycles. The van der Waals surface area contributed by atoms with Gasteiger partial charge in [0.25, 0.3) is 0 Å². The van der Waals surface area contributed by atoms with Crippen LogP contribution in [0.2, 0.25) is 5.15 Å². The highest BCUT2D eigenvalue weighted by atomic mass is 127. The van der Waals surface area contributed by atoms with Crippen LogP contribution in [0.25, 0.3) is 0 Å². The van der Waals surface area contributed by atoms with E-state index in [2.05, 4.69) is 32.6 Å². The Morgan fingerprint density at radius 1 is 1.25 bits per heavy atom. The van der Waals surface area contributed by atoms with Crippen LogP contribution in [-0.2, 0) is 0 Å². The molecule has 2 rings (SSSR count). The first-order valence-corrected chi connectivity index (χ1v) is 5.83. The molecule has 0 unspecified atom stereocenters. The van der Waals surface area contributed by atoms with E-state index in [1.54, 1.807) is 0 Å². The molecular formula is C10H7ClIN3O. The zero-order chi connectivity index (χ0) is 11.5. The van der Waals surface area contributed by atoms with Crippen LogP contribution in [0.4, 0.5) is 5.95 Å². The standard InChI is InChI=1S/C10H7ClIN3O/c11-8-5-9(15-10(13)14-8)16-7-4-2-1-3-6(7)12/h1-5H,(H2,13,14,15). The van der Waals surface area contributed by atoms with Crippen molar-refractivity contribution >= 4 is 40.1 Å². The molecule has 2 aromatic rings. The smallest absolute Gasteiger partial charge is 0.225 e. The molecule has 0 aliphatic carbocycles. The monoisotopic (exact) mass is 347 g/mol. The van der Waals surface area contributed by atoms with E-state index in [1.165, 1.54) is 6.07 Å². The van der Waals surface area contributed by atoms with Crippen LogP contribution >= 0.6 is 34.2 Å². The number of ether oxygens (including phenoxy) is 1. The largest absolute Gasteiger partial charge is 0.438 e. The van der Waals surface area contributed by atoms with E-state index in [0.29, 0.717) is 11.6 Å². The Kier molecular flexibility index (Phi) is 3.45. The Hall–Kier alpha value is -1.08. The molecule has 0 aliphatic heterocycles. The van der Waals surface area contributed by atoms with Gasteiger partial charge in [-0.2, -0.15) is 4.98 Å². The molecule has 1 aromatic carbocycles. The molecule has 0 saturated carbocycles. The summed E-state index contributed by atoms with van der Waals surface area (Å²) in [5, 5.41) is 0.258. The molecule has 0 radical (unpaired) electrons. The van der Waals surface area contributed by atoms with Crippen molar-refractivity contribution in [1.82, 2.24) is 9.97 Å². The quantitative estimate of drug-likeness (QED) is 0.670. The van der Waals surface area contributed by atoms with Gasteiger partial charge in [-0.3, -0.25) is 0 Å². The van der Waals surface area contributed by atoms with Gasteiger partial charge in [0.15, 0.2) is 0 Å². The van der Waals surface area contributed by atoms with E-state index in [9.17, 15) is 0 Å². The molecule has 0 bridgehead atoms. The molecular weight excluding hydrogens is 340 g/mol. The number of aromatic nitrogens is 2. The Balaban J connectivity index is 2.30. The third-order valence-corrected chi connectivity index (χ3v) is 2.82. The number of nitrogens with zero attached hydrogens (tertiary/aromatic N) is 2. The maximum Gasteiger partial charge on any atom is 0.225 e. The Bertz CT molecular complexity index is 501. The Labute approximate surface area is 111 Å². The summed E-state index contributed by atoms with van der Waals surface area (Å²) >= 11 is 7.92. The summed E-state index contributed by atoms with van der Waals surface area (Å²) in [4.78, 5) is 7.68. The number of para-hydroxylation sites is 1. The summed E-state index contributed by atoms with van der Waals surface area (Å²) in [6.45, 7) is 0. The van der Waals surface area contributed by atoms with Crippen molar-refractivity contribution in [3.8, 4) is 11.6 Å². The molecule has 16 heavy (non-hydrogen) atoms. The van der Waals surface area contributed by atoms with Gasteiger partial charge in [0.1, 0.15) is 10.9 Å². The topological polar surface area (TPSA) is 61.0 Å². The van der Waals surface area contributed by atoms with Crippen molar-refractivity contribution in [2.24, 2.45) is 0 Å². The van der Waals surface area contributed by atoms with Crippen LogP contribution in [0.3, 0.4) is 0 Å². The Morgan fingerprint density at radius 2 is 2.00 bits per heavy atom. The average molecular weight is 348 g/mol. The van der Waals surface area contributed by atoms with Crippen LogP contribution in [0.1, 0.15) is 0 Å². The summed E-state index contributed by atoms with van der Waals surface area (Å²) in [5.74, 6) is 1.13. The molecule has 4 nitrogen and oxygen atoms in total. The molecule has 0 atom stereocenters. The summed E-state index contributed by atoms with van der Waals surface area (Å²) in [7, 11) is 0. The van der Waals surface area contributed by atoms with Crippen molar-refractivity contribution in [3.05, 3.63) is 39.1 Å². The second kappa shape index (κ2) is 4.84. The number of nitrogens with two attached hydrogens (primary N) is 1. The van der Waals surface area contributed by atoms with Crippen LogP contribution in [0, 0.1) is 3.57 Å². The first-order valence-electron chi connectivity index (χ1n) is 4.37. The van der Waals surface area contributed by atoms with E-state index in [-0.39, 0.29) is 11.1 Å². The lowest BCUT2D eigenvalue weighted by Gasteiger charge is -2.06. The van der Waals surface area contributed by atoms with Gasteiger partial charge in [0.2, 0.25) is 11.8 Å². The lowest BCUT2D eigenvalue weighted by molar-refractivity contribution is 0.459. The summed E-state index contributed by atoms with van der Waals surface area (Å²) in [5.41, 5.74) is 5.46. The zero-order valence-corrected chi connectivity index (χ0v) is 10.9. The van der Waals surface area contributed by atoms with Crippen LogP contribution < -0.4 is 10.5 Å². The van der Waals surface area contributed by atoms with Crippen LogP contribution in [0.15, 0.2) is 30.3 Å². The first kappa shape index (κ1) is 11.4. The minimum Gasteiger partial charge on any atom is -0.438 e. The maximum atomic E-state index is 5.74. The molecule has 0 amide bonds. The van der Waals surface area contributed by atoms with E-state index in [0.717, 1.165) is 3.57 Å². The van der Waals surface area contributed by atoms with Crippen molar-refractivity contribution in [2.75, 3.05) is 5.73 Å². The summed E-state index contributed by atoms with van der Waals surface area (Å²) < 4.78 is 6.53. The molecule has 0 saturated heterocycles. The highest BCUT2D eigenvalue weighted by Crippen LogP contribution is 2.26. The van der Waals surface area contributed by atoms with Gasteiger partial charge in [-0.15, -0.1) is 0 Å². The fourth-order valence-electron chi connectivity index (χ4n) is 1.11. The molecule has 2 N–H and O–H groups in total. The zero-order valence-electron chi connectivity index (χ0n) is 8.02.